The molecule has 1 saturated heterocycles. The van der Waals surface area contributed by atoms with Crippen LogP contribution < -0.4 is 5.32 Å². The van der Waals surface area contributed by atoms with Gasteiger partial charge < -0.3 is 9.73 Å². The van der Waals surface area contributed by atoms with Gasteiger partial charge in [0.15, 0.2) is 0 Å². The van der Waals surface area contributed by atoms with Crippen molar-refractivity contribution in [3.05, 3.63) is 61.1 Å². The molecule has 3 rings (SSSR count). The van der Waals surface area contributed by atoms with E-state index in [4.69, 9.17) is 4.42 Å². The van der Waals surface area contributed by atoms with Crippen molar-refractivity contribution in [3.8, 4) is 0 Å². The fourth-order valence-corrected chi connectivity index (χ4v) is 3.93. The molecule has 0 spiro atoms. The lowest BCUT2D eigenvalue weighted by Crippen LogP contribution is -2.36. The van der Waals surface area contributed by atoms with Crippen molar-refractivity contribution in [3.63, 3.8) is 0 Å². The molecule has 1 atom stereocenters. The Morgan fingerprint density at radius 1 is 1.35 bits per heavy atom. The fraction of sp³-hybridized carbons (Fsp3) is 0.389. The molecule has 1 unspecified atom stereocenters. The molecular formula is C18H20IN3O4. The molecule has 1 fully saturated rings. The standard InChI is InChI=1S/C18H20IN3O4/c1-12-4-7-17(26-12)16(21-8-2-3-9-21)11-20-18(23)14-6-5-13(22(24)25)10-15(14)19/h4-7,10,16H,2-3,8-9,11H2,1H3,(H,20,23). The Labute approximate surface area is 165 Å². The lowest BCUT2D eigenvalue weighted by Gasteiger charge is -2.26. The van der Waals surface area contributed by atoms with Crippen LogP contribution in [0.4, 0.5) is 5.69 Å². The zero-order chi connectivity index (χ0) is 18.7. The maximum Gasteiger partial charge on any atom is 0.270 e. The highest BCUT2D eigenvalue weighted by Crippen LogP contribution is 2.26. The molecule has 8 heteroatoms. The summed E-state index contributed by atoms with van der Waals surface area (Å²) in [7, 11) is 0. The summed E-state index contributed by atoms with van der Waals surface area (Å²) < 4.78 is 6.35. The first-order valence-electron chi connectivity index (χ1n) is 8.48. The number of nitrogens with zero attached hydrogens (tertiary/aromatic N) is 2. The van der Waals surface area contributed by atoms with E-state index in [0.717, 1.165) is 37.5 Å². The number of nitro benzene ring substituents is 1. The number of carbonyl (C=O) groups is 1. The van der Waals surface area contributed by atoms with Gasteiger partial charge in [-0.2, -0.15) is 0 Å². The summed E-state index contributed by atoms with van der Waals surface area (Å²) in [6.07, 6.45) is 2.29. The average molecular weight is 469 g/mol. The van der Waals surface area contributed by atoms with Crippen molar-refractivity contribution in [2.75, 3.05) is 19.6 Å². The largest absolute Gasteiger partial charge is 0.465 e. The van der Waals surface area contributed by atoms with Gasteiger partial charge in [-0.15, -0.1) is 0 Å². The summed E-state index contributed by atoms with van der Waals surface area (Å²) in [6.45, 7) is 4.30. The van der Waals surface area contributed by atoms with Crippen LogP contribution in [0.15, 0.2) is 34.7 Å². The Morgan fingerprint density at radius 3 is 2.65 bits per heavy atom. The van der Waals surface area contributed by atoms with Gasteiger partial charge in [0.25, 0.3) is 11.6 Å². The molecule has 2 heterocycles. The smallest absolute Gasteiger partial charge is 0.270 e. The number of non-ortho nitro benzene ring substituents is 1. The lowest BCUT2D eigenvalue weighted by molar-refractivity contribution is -0.384. The molecule has 1 N–H and O–H groups in total. The van der Waals surface area contributed by atoms with Crippen molar-refractivity contribution >= 4 is 34.2 Å². The van der Waals surface area contributed by atoms with E-state index < -0.39 is 4.92 Å². The number of furan rings is 1. The molecule has 0 saturated carbocycles. The number of nitro groups is 1. The predicted molar refractivity (Wildman–Crippen MR) is 105 cm³/mol. The second-order valence-corrected chi connectivity index (χ2v) is 7.50. The van der Waals surface area contributed by atoms with Crippen LogP contribution in [0.5, 0.6) is 0 Å². The molecule has 138 valence electrons. The summed E-state index contributed by atoms with van der Waals surface area (Å²) in [4.78, 5) is 25.3. The van der Waals surface area contributed by atoms with Gasteiger partial charge in [0.1, 0.15) is 11.5 Å². The van der Waals surface area contributed by atoms with Crippen LogP contribution in [-0.2, 0) is 0 Å². The third-order valence-corrected chi connectivity index (χ3v) is 5.43. The van der Waals surface area contributed by atoms with Crippen molar-refractivity contribution in [1.82, 2.24) is 10.2 Å². The van der Waals surface area contributed by atoms with Gasteiger partial charge in [-0.3, -0.25) is 19.8 Å². The minimum Gasteiger partial charge on any atom is -0.465 e. The summed E-state index contributed by atoms with van der Waals surface area (Å²) in [5.41, 5.74) is 0.416. The van der Waals surface area contributed by atoms with Gasteiger partial charge in [-0.05, 0) is 73.6 Å². The van der Waals surface area contributed by atoms with Crippen molar-refractivity contribution in [2.24, 2.45) is 0 Å². The summed E-state index contributed by atoms with van der Waals surface area (Å²) >= 11 is 1.95. The van der Waals surface area contributed by atoms with Gasteiger partial charge in [-0.1, -0.05) is 0 Å². The summed E-state index contributed by atoms with van der Waals surface area (Å²) in [6, 6.07) is 8.14. The van der Waals surface area contributed by atoms with E-state index in [1.165, 1.54) is 18.2 Å². The normalized spacial score (nSPS) is 15.8. The Morgan fingerprint density at radius 2 is 2.08 bits per heavy atom. The van der Waals surface area contributed by atoms with Crippen LogP contribution in [0.3, 0.4) is 0 Å². The third kappa shape index (κ3) is 4.24. The molecular weight excluding hydrogens is 449 g/mol. The molecule has 0 radical (unpaired) electrons. The lowest BCUT2D eigenvalue weighted by atomic mass is 10.1. The van der Waals surface area contributed by atoms with Crippen molar-refractivity contribution in [1.29, 1.82) is 0 Å². The average Bonchev–Trinajstić information content (AvgIpc) is 3.27. The quantitative estimate of drug-likeness (QED) is 0.396. The van der Waals surface area contributed by atoms with Crippen LogP contribution in [0.2, 0.25) is 0 Å². The van der Waals surface area contributed by atoms with E-state index in [-0.39, 0.29) is 17.6 Å². The number of hydrogen-bond donors (Lipinski definition) is 1. The number of nitrogens with one attached hydrogen (secondary N) is 1. The Hall–Kier alpha value is -1.94. The first-order chi connectivity index (χ1) is 12.5. The number of halogens is 1. The molecule has 0 aliphatic carbocycles. The first-order valence-corrected chi connectivity index (χ1v) is 9.56. The van der Waals surface area contributed by atoms with Crippen LogP contribution in [0, 0.1) is 20.6 Å². The fourth-order valence-electron chi connectivity index (χ4n) is 3.18. The number of benzene rings is 1. The van der Waals surface area contributed by atoms with Gasteiger partial charge in [-0.25, -0.2) is 0 Å². The Balaban J connectivity index is 1.72. The van der Waals surface area contributed by atoms with E-state index in [0.29, 0.717) is 15.7 Å². The molecule has 2 aromatic rings. The molecule has 1 aromatic heterocycles. The summed E-state index contributed by atoms with van der Waals surface area (Å²) in [5, 5.41) is 13.8. The first kappa shape index (κ1) is 18.8. The topological polar surface area (TPSA) is 88.6 Å². The predicted octanol–water partition coefficient (Wildman–Crippen LogP) is 3.67. The molecule has 1 aliphatic rings. The van der Waals surface area contributed by atoms with Gasteiger partial charge >= 0.3 is 0 Å². The van der Waals surface area contributed by atoms with E-state index in [1.54, 1.807) is 0 Å². The molecule has 1 aliphatic heterocycles. The van der Waals surface area contributed by atoms with E-state index in [9.17, 15) is 14.9 Å². The number of amides is 1. The second kappa shape index (κ2) is 8.17. The van der Waals surface area contributed by atoms with E-state index >= 15 is 0 Å². The van der Waals surface area contributed by atoms with Crippen LogP contribution in [0.1, 0.15) is 40.8 Å². The van der Waals surface area contributed by atoms with Crippen LogP contribution >= 0.6 is 22.6 Å². The van der Waals surface area contributed by atoms with Crippen LogP contribution in [0.25, 0.3) is 0 Å². The zero-order valence-corrected chi connectivity index (χ0v) is 16.6. The zero-order valence-electron chi connectivity index (χ0n) is 14.4. The SMILES string of the molecule is Cc1ccc(C(CNC(=O)c2ccc([N+](=O)[O-])cc2I)N2CCCC2)o1. The van der Waals surface area contributed by atoms with E-state index in [2.05, 4.69) is 10.2 Å². The van der Waals surface area contributed by atoms with Crippen molar-refractivity contribution < 1.29 is 14.1 Å². The number of hydrogen-bond acceptors (Lipinski definition) is 5. The number of rotatable bonds is 6. The van der Waals surface area contributed by atoms with Gasteiger partial charge in [0, 0.05) is 22.2 Å². The number of likely N-dealkylation sites (tertiary alicyclic amines) is 1. The monoisotopic (exact) mass is 469 g/mol. The maximum atomic E-state index is 12.6. The molecule has 26 heavy (non-hydrogen) atoms. The number of carbonyl (C=O) groups excluding carboxylic acids is 1. The molecule has 0 bridgehead atoms. The highest BCUT2D eigenvalue weighted by molar-refractivity contribution is 14.1. The minimum absolute atomic E-state index is 0.00846. The Bertz CT molecular complexity index is 815. The second-order valence-electron chi connectivity index (χ2n) is 6.34. The highest BCUT2D eigenvalue weighted by atomic mass is 127. The van der Waals surface area contributed by atoms with Crippen molar-refractivity contribution in [2.45, 2.75) is 25.8 Å². The molecule has 7 nitrogen and oxygen atoms in total. The highest BCUT2D eigenvalue weighted by Gasteiger charge is 2.27. The summed E-state index contributed by atoms with van der Waals surface area (Å²) in [5.74, 6) is 1.46. The molecule has 1 aromatic carbocycles. The van der Waals surface area contributed by atoms with E-state index in [1.807, 2.05) is 41.6 Å². The van der Waals surface area contributed by atoms with Gasteiger partial charge in [0.2, 0.25) is 0 Å². The van der Waals surface area contributed by atoms with Crippen LogP contribution in [-0.4, -0.2) is 35.4 Å². The number of aryl methyl sites for hydroxylation is 1. The minimum atomic E-state index is -0.466. The third-order valence-electron chi connectivity index (χ3n) is 4.54. The maximum absolute atomic E-state index is 12.6. The Kier molecular flexibility index (Phi) is 5.92. The van der Waals surface area contributed by atoms with Gasteiger partial charge in [0.05, 0.1) is 16.5 Å². The molecule has 1 amide bonds.